The van der Waals surface area contributed by atoms with Crippen LogP contribution in [0.3, 0.4) is 0 Å². The van der Waals surface area contributed by atoms with E-state index in [-0.39, 0.29) is 24.0 Å². The van der Waals surface area contributed by atoms with Gasteiger partial charge in [-0.1, -0.05) is 18.2 Å². The fourth-order valence-electron chi connectivity index (χ4n) is 2.97. The lowest BCUT2D eigenvalue weighted by Crippen LogP contribution is -2.48. The minimum absolute atomic E-state index is 0.00586. The number of morpholine rings is 1. The SMILES string of the molecule is CC1CN(C(=O)c2cc(NC(=O)c3ccccc3)n(C)n2)CC(C)O1. The average molecular weight is 342 g/mol. The summed E-state index contributed by atoms with van der Waals surface area (Å²) in [7, 11) is 1.70. The predicted molar refractivity (Wildman–Crippen MR) is 93.5 cm³/mol. The second-order valence-corrected chi connectivity index (χ2v) is 6.33. The number of nitrogens with one attached hydrogen (secondary N) is 1. The number of benzene rings is 1. The number of anilines is 1. The van der Waals surface area contributed by atoms with Gasteiger partial charge < -0.3 is 15.0 Å². The Morgan fingerprint density at radius 3 is 2.44 bits per heavy atom. The maximum absolute atomic E-state index is 12.7. The van der Waals surface area contributed by atoms with Crippen molar-refractivity contribution >= 4 is 17.6 Å². The number of hydrogen-bond donors (Lipinski definition) is 1. The number of rotatable bonds is 3. The third-order valence-corrected chi connectivity index (χ3v) is 4.08. The molecule has 25 heavy (non-hydrogen) atoms. The summed E-state index contributed by atoms with van der Waals surface area (Å²) in [5.74, 6) is 0.0839. The molecule has 1 fully saturated rings. The summed E-state index contributed by atoms with van der Waals surface area (Å²) in [5, 5.41) is 7.04. The molecule has 0 bridgehead atoms. The van der Waals surface area contributed by atoms with Crippen LogP contribution in [0.1, 0.15) is 34.7 Å². The highest BCUT2D eigenvalue weighted by molar-refractivity contribution is 6.04. The molecule has 2 aromatic rings. The highest BCUT2D eigenvalue weighted by Gasteiger charge is 2.28. The van der Waals surface area contributed by atoms with Crippen molar-refractivity contribution in [3.8, 4) is 0 Å². The van der Waals surface area contributed by atoms with E-state index >= 15 is 0 Å². The van der Waals surface area contributed by atoms with E-state index in [0.29, 0.717) is 30.2 Å². The first-order valence-corrected chi connectivity index (χ1v) is 8.29. The Morgan fingerprint density at radius 2 is 1.80 bits per heavy atom. The van der Waals surface area contributed by atoms with E-state index in [0.717, 1.165) is 0 Å². The Kier molecular flexibility index (Phi) is 4.85. The van der Waals surface area contributed by atoms with Crippen LogP contribution in [-0.2, 0) is 11.8 Å². The normalized spacial score (nSPS) is 20.4. The van der Waals surface area contributed by atoms with Crippen molar-refractivity contribution < 1.29 is 14.3 Å². The molecule has 0 aliphatic carbocycles. The number of aromatic nitrogens is 2. The zero-order valence-electron chi connectivity index (χ0n) is 14.6. The first-order chi connectivity index (χ1) is 11.9. The van der Waals surface area contributed by atoms with Crippen molar-refractivity contribution in [2.75, 3.05) is 18.4 Å². The van der Waals surface area contributed by atoms with Gasteiger partial charge in [0.2, 0.25) is 0 Å². The fourth-order valence-corrected chi connectivity index (χ4v) is 2.97. The van der Waals surface area contributed by atoms with E-state index in [9.17, 15) is 9.59 Å². The van der Waals surface area contributed by atoms with Crippen LogP contribution < -0.4 is 5.32 Å². The highest BCUT2D eigenvalue weighted by atomic mass is 16.5. The van der Waals surface area contributed by atoms with Gasteiger partial charge in [0, 0.05) is 31.8 Å². The van der Waals surface area contributed by atoms with Crippen molar-refractivity contribution in [2.24, 2.45) is 7.05 Å². The van der Waals surface area contributed by atoms with Crippen molar-refractivity contribution in [3.05, 3.63) is 47.7 Å². The Labute approximate surface area is 146 Å². The molecule has 1 N–H and O–H groups in total. The van der Waals surface area contributed by atoms with E-state index in [1.807, 2.05) is 19.9 Å². The first kappa shape index (κ1) is 17.2. The number of ether oxygens (including phenoxy) is 1. The summed E-state index contributed by atoms with van der Waals surface area (Å²) in [6.45, 7) is 4.96. The van der Waals surface area contributed by atoms with Crippen molar-refractivity contribution in [3.63, 3.8) is 0 Å². The molecule has 1 aliphatic heterocycles. The minimum atomic E-state index is -0.240. The maximum atomic E-state index is 12.7. The minimum Gasteiger partial charge on any atom is -0.372 e. The molecule has 0 saturated carbocycles. The number of nitrogens with zero attached hydrogens (tertiary/aromatic N) is 3. The molecule has 3 rings (SSSR count). The van der Waals surface area contributed by atoms with Crippen LogP contribution in [-0.4, -0.2) is 51.8 Å². The zero-order chi connectivity index (χ0) is 18.0. The molecular formula is C18H22N4O3. The first-order valence-electron chi connectivity index (χ1n) is 8.29. The standard InChI is InChI=1S/C18H22N4O3/c1-12-10-22(11-13(2)25-12)18(24)15-9-16(21(3)20-15)19-17(23)14-7-5-4-6-8-14/h4-9,12-13H,10-11H2,1-3H3,(H,19,23). The van der Waals surface area contributed by atoms with E-state index in [1.54, 1.807) is 42.3 Å². The summed E-state index contributed by atoms with van der Waals surface area (Å²) in [6.07, 6.45) is -0.0117. The largest absolute Gasteiger partial charge is 0.372 e. The van der Waals surface area contributed by atoms with Gasteiger partial charge in [0.05, 0.1) is 12.2 Å². The van der Waals surface area contributed by atoms with Gasteiger partial charge in [-0.05, 0) is 26.0 Å². The van der Waals surface area contributed by atoms with Gasteiger partial charge in [-0.3, -0.25) is 14.3 Å². The van der Waals surface area contributed by atoms with Gasteiger partial charge in [-0.15, -0.1) is 0 Å². The van der Waals surface area contributed by atoms with Crippen LogP contribution >= 0.6 is 0 Å². The summed E-state index contributed by atoms with van der Waals surface area (Å²) in [4.78, 5) is 26.7. The van der Waals surface area contributed by atoms with E-state index < -0.39 is 0 Å². The van der Waals surface area contributed by atoms with Crippen LogP contribution in [0, 0.1) is 0 Å². The summed E-state index contributed by atoms with van der Waals surface area (Å²) in [6, 6.07) is 10.5. The smallest absolute Gasteiger partial charge is 0.274 e. The lowest BCUT2D eigenvalue weighted by Gasteiger charge is -2.34. The molecule has 0 radical (unpaired) electrons. The molecule has 2 atom stereocenters. The van der Waals surface area contributed by atoms with Gasteiger partial charge in [0.1, 0.15) is 5.82 Å². The summed E-state index contributed by atoms with van der Waals surface area (Å²) in [5.41, 5.74) is 0.861. The second kappa shape index (κ2) is 7.06. The Hall–Kier alpha value is -2.67. The average Bonchev–Trinajstić information content (AvgIpc) is 2.94. The molecule has 7 nitrogen and oxygen atoms in total. The molecule has 0 spiro atoms. The molecule has 2 amide bonds. The van der Waals surface area contributed by atoms with Crippen LogP contribution in [0.4, 0.5) is 5.82 Å². The van der Waals surface area contributed by atoms with Crippen molar-refractivity contribution in [1.29, 1.82) is 0 Å². The van der Waals surface area contributed by atoms with E-state index in [2.05, 4.69) is 10.4 Å². The number of amides is 2. The topological polar surface area (TPSA) is 76.5 Å². The Balaban J connectivity index is 1.73. The van der Waals surface area contributed by atoms with Gasteiger partial charge in [-0.2, -0.15) is 5.10 Å². The number of carbonyl (C=O) groups is 2. The lowest BCUT2D eigenvalue weighted by molar-refractivity contribution is -0.0587. The third kappa shape index (κ3) is 3.88. The maximum Gasteiger partial charge on any atom is 0.274 e. The fraction of sp³-hybridized carbons (Fsp3) is 0.389. The molecule has 2 unspecified atom stereocenters. The number of carbonyl (C=O) groups excluding carboxylic acids is 2. The molecule has 1 aliphatic rings. The van der Waals surface area contributed by atoms with E-state index in [1.165, 1.54) is 4.68 Å². The molecular weight excluding hydrogens is 320 g/mol. The van der Waals surface area contributed by atoms with Gasteiger partial charge in [0.25, 0.3) is 11.8 Å². The molecule has 132 valence electrons. The van der Waals surface area contributed by atoms with Crippen LogP contribution in [0.5, 0.6) is 0 Å². The second-order valence-electron chi connectivity index (χ2n) is 6.33. The quantitative estimate of drug-likeness (QED) is 0.925. The Bertz CT molecular complexity index is 762. The molecule has 1 aromatic heterocycles. The zero-order valence-corrected chi connectivity index (χ0v) is 14.6. The van der Waals surface area contributed by atoms with Crippen molar-refractivity contribution in [2.45, 2.75) is 26.1 Å². The predicted octanol–water partition coefficient (Wildman–Crippen LogP) is 1.92. The molecule has 7 heteroatoms. The number of hydrogen-bond acceptors (Lipinski definition) is 4. The van der Waals surface area contributed by atoms with Crippen LogP contribution in [0.15, 0.2) is 36.4 Å². The monoisotopic (exact) mass is 342 g/mol. The van der Waals surface area contributed by atoms with Crippen LogP contribution in [0.2, 0.25) is 0 Å². The summed E-state index contributed by atoms with van der Waals surface area (Å²) >= 11 is 0. The van der Waals surface area contributed by atoms with Gasteiger partial charge in [-0.25, -0.2) is 0 Å². The van der Waals surface area contributed by atoms with E-state index in [4.69, 9.17) is 4.74 Å². The summed E-state index contributed by atoms with van der Waals surface area (Å²) < 4.78 is 7.16. The van der Waals surface area contributed by atoms with Gasteiger partial charge >= 0.3 is 0 Å². The third-order valence-electron chi connectivity index (χ3n) is 4.08. The van der Waals surface area contributed by atoms with Crippen molar-refractivity contribution in [1.82, 2.24) is 14.7 Å². The van der Waals surface area contributed by atoms with Gasteiger partial charge in [0.15, 0.2) is 5.69 Å². The molecule has 1 aromatic carbocycles. The van der Waals surface area contributed by atoms with Crippen LogP contribution in [0.25, 0.3) is 0 Å². The Morgan fingerprint density at radius 1 is 1.16 bits per heavy atom. The lowest BCUT2D eigenvalue weighted by atomic mass is 10.2. The highest BCUT2D eigenvalue weighted by Crippen LogP contribution is 2.17. The molecule has 1 saturated heterocycles. The molecule has 2 heterocycles. The number of aryl methyl sites for hydroxylation is 1.